The molecule has 0 aliphatic heterocycles. The topological polar surface area (TPSA) is 101 Å². The van der Waals surface area contributed by atoms with Crippen molar-refractivity contribution in [1.82, 2.24) is 10.6 Å². The summed E-state index contributed by atoms with van der Waals surface area (Å²) >= 11 is 11.2. The molecular weight excluding hydrogens is 617 g/mol. The minimum atomic E-state index is -0.674. The number of carbonyl (C=O) groups excluding carboxylic acids is 2. The summed E-state index contributed by atoms with van der Waals surface area (Å²) in [5.41, 5.74) is 3.33. The molecule has 0 spiro atoms. The van der Waals surface area contributed by atoms with E-state index in [2.05, 4.69) is 27.3 Å². The lowest BCUT2D eigenvalue weighted by molar-refractivity contribution is -0.147. The van der Waals surface area contributed by atoms with E-state index in [1.54, 1.807) is 13.8 Å². The van der Waals surface area contributed by atoms with Gasteiger partial charge in [-0.15, -0.1) is 0 Å². The van der Waals surface area contributed by atoms with Gasteiger partial charge in [0, 0.05) is 21.8 Å². The van der Waals surface area contributed by atoms with E-state index >= 15 is 0 Å². The standard InChI is InChI=1S/C36H34N4O4S2/c1-23(33(41)43-21-25-12-5-3-6-13-25)37-35(45)39-31-19-11-18-29-30(31)20-27-16-9-10-17-28(27)32(29)40-36(46)38-24(2)34(42)44-22-26-14-7-4-8-15-26/h3-20,23-24H,21-22H2,1-2H3,(H2,37,39,45)(H2,38,40,46). The van der Waals surface area contributed by atoms with Crippen LogP contribution in [-0.2, 0) is 32.3 Å². The van der Waals surface area contributed by atoms with Gasteiger partial charge in [-0.1, -0.05) is 97.1 Å². The van der Waals surface area contributed by atoms with E-state index in [1.807, 2.05) is 103 Å². The molecule has 0 amide bonds. The molecule has 234 valence electrons. The SMILES string of the molecule is CC(NC(=S)Nc1cccc2c(NC(=S)NC(C)C(=O)OCc3ccccc3)c3ccccc3cc12)C(=O)OCc1ccccc1. The smallest absolute Gasteiger partial charge is 0.328 e. The lowest BCUT2D eigenvalue weighted by Crippen LogP contribution is -2.41. The molecule has 5 rings (SSSR count). The van der Waals surface area contributed by atoms with Crippen LogP contribution in [0.2, 0.25) is 0 Å². The summed E-state index contributed by atoms with van der Waals surface area (Å²) in [5, 5.41) is 16.9. The number of ether oxygens (including phenoxy) is 2. The molecule has 2 unspecified atom stereocenters. The lowest BCUT2D eigenvalue weighted by Gasteiger charge is -2.20. The fourth-order valence-electron chi connectivity index (χ4n) is 4.86. The maximum atomic E-state index is 12.7. The monoisotopic (exact) mass is 650 g/mol. The van der Waals surface area contributed by atoms with Gasteiger partial charge in [0.15, 0.2) is 10.2 Å². The third kappa shape index (κ3) is 8.35. The van der Waals surface area contributed by atoms with Crippen molar-refractivity contribution in [2.75, 3.05) is 10.6 Å². The van der Waals surface area contributed by atoms with Crippen LogP contribution in [-0.4, -0.2) is 34.2 Å². The van der Waals surface area contributed by atoms with Crippen molar-refractivity contribution in [2.24, 2.45) is 0 Å². The van der Waals surface area contributed by atoms with Crippen LogP contribution in [0.15, 0.2) is 109 Å². The van der Waals surface area contributed by atoms with Crippen LogP contribution in [0.3, 0.4) is 0 Å². The van der Waals surface area contributed by atoms with E-state index in [9.17, 15) is 9.59 Å². The Bertz CT molecular complexity index is 1870. The van der Waals surface area contributed by atoms with Crippen LogP contribution in [0.25, 0.3) is 21.5 Å². The summed E-state index contributed by atoms with van der Waals surface area (Å²) < 4.78 is 10.9. The van der Waals surface area contributed by atoms with E-state index in [1.165, 1.54) is 0 Å². The summed E-state index contributed by atoms with van der Waals surface area (Å²) in [6.45, 7) is 3.77. The van der Waals surface area contributed by atoms with Crippen molar-refractivity contribution in [2.45, 2.75) is 39.1 Å². The van der Waals surface area contributed by atoms with E-state index < -0.39 is 24.0 Å². The first kappa shape index (κ1) is 32.3. The Morgan fingerprint density at radius 3 is 1.70 bits per heavy atom. The molecule has 0 aliphatic rings. The molecule has 0 fully saturated rings. The van der Waals surface area contributed by atoms with E-state index in [-0.39, 0.29) is 23.4 Å². The summed E-state index contributed by atoms with van der Waals surface area (Å²) in [7, 11) is 0. The molecule has 8 nitrogen and oxygen atoms in total. The Morgan fingerprint density at radius 1 is 0.609 bits per heavy atom. The number of nitrogens with one attached hydrogen (secondary N) is 4. The van der Waals surface area contributed by atoms with Gasteiger partial charge in [-0.3, -0.25) is 0 Å². The first-order valence-electron chi connectivity index (χ1n) is 14.8. The zero-order chi connectivity index (χ0) is 32.5. The Balaban J connectivity index is 1.28. The van der Waals surface area contributed by atoms with Gasteiger partial charge < -0.3 is 30.7 Å². The Kier molecular flexibility index (Phi) is 10.7. The van der Waals surface area contributed by atoms with Crippen molar-refractivity contribution < 1.29 is 19.1 Å². The zero-order valence-electron chi connectivity index (χ0n) is 25.4. The average molecular weight is 651 g/mol. The number of hydrogen-bond donors (Lipinski definition) is 4. The molecule has 0 heterocycles. The molecule has 0 saturated carbocycles. The number of carbonyl (C=O) groups is 2. The van der Waals surface area contributed by atoms with Crippen LogP contribution in [0.4, 0.5) is 11.4 Å². The van der Waals surface area contributed by atoms with Crippen LogP contribution in [0.5, 0.6) is 0 Å². The molecule has 46 heavy (non-hydrogen) atoms. The second kappa shape index (κ2) is 15.3. The molecule has 4 N–H and O–H groups in total. The third-order valence-corrected chi connectivity index (χ3v) is 7.68. The summed E-state index contributed by atoms with van der Waals surface area (Å²) in [6.07, 6.45) is 0. The van der Waals surface area contributed by atoms with Gasteiger partial charge in [0.2, 0.25) is 0 Å². The van der Waals surface area contributed by atoms with Crippen molar-refractivity contribution >= 4 is 79.5 Å². The average Bonchev–Trinajstić information content (AvgIpc) is 3.07. The second-order valence-electron chi connectivity index (χ2n) is 10.7. The maximum absolute atomic E-state index is 12.7. The molecule has 0 saturated heterocycles. The molecule has 0 aromatic heterocycles. The zero-order valence-corrected chi connectivity index (χ0v) is 27.0. The minimum Gasteiger partial charge on any atom is -0.459 e. The van der Waals surface area contributed by atoms with Gasteiger partial charge in [0.05, 0.1) is 5.69 Å². The van der Waals surface area contributed by atoms with Crippen molar-refractivity contribution in [3.63, 3.8) is 0 Å². The fraction of sp³-hybridized carbons (Fsp3) is 0.167. The highest BCUT2D eigenvalue weighted by Gasteiger charge is 2.19. The molecular formula is C36H34N4O4S2. The number of benzene rings is 5. The van der Waals surface area contributed by atoms with Crippen LogP contribution in [0, 0.1) is 0 Å². The quantitative estimate of drug-likeness (QED) is 0.0731. The number of thiocarbonyl (C=S) groups is 2. The van der Waals surface area contributed by atoms with E-state index in [0.29, 0.717) is 0 Å². The minimum absolute atomic E-state index is 0.181. The van der Waals surface area contributed by atoms with E-state index in [4.69, 9.17) is 33.9 Å². The number of hydrogen-bond acceptors (Lipinski definition) is 6. The first-order chi connectivity index (χ1) is 22.3. The summed E-state index contributed by atoms with van der Waals surface area (Å²) in [6, 6.07) is 33.5. The van der Waals surface area contributed by atoms with Gasteiger partial charge in [-0.05, 0) is 66.9 Å². The van der Waals surface area contributed by atoms with Gasteiger partial charge in [0.25, 0.3) is 0 Å². The maximum Gasteiger partial charge on any atom is 0.328 e. The normalized spacial score (nSPS) is 12.0. The number of fused-ring (bicyclic) bond motifs is 2. The number of rotatable bonds is 10. The highest BCUT2D eigenvalue weighted by molar-refractivity contribution is 7.80. The van der Waals surface area contributed by atoms with Crippen LogP contribution >= 0.6 is 24.4 Å². The first-order valence-corrected chi connectivity index (χ1v) is 15.6. The fourth-order valence-corrected chi connectivity index (χ4v) is 5.43. The highest BCUT2D eigenvalue weighted by atomic mass is 32.1. The van der Waals surface area contributed by atoms with Gasteiger partial charge in [-0.25, -0.2) is 9.59 Å². The largest absolute Gasteiger partial charge is 0.459 e. The van der Waals surface area contributed by atoms with Gasteiger partial charge >= 0.3 is 11.9 Å². The van der Waals surface area contributed by atoms with Crippen LogP contribution < -0.4 is 21.3 Å². The van der Waals surface area contributed by atoms with E-state index in [0.717, 1.165) is 44.0 Å². The lowest BCUT2D eigenvalue weighted by atomic mass is 9.99. The molecule has 5 aromatic carbocycles. The molecule has 5 aromatic rings. The van der Waals surface area contributed by atoms with Crippen molar-refractivity contribution in [3.8, 4) is 0 Å². The molecule has 0 bridgehead atoms. The molecule has 0 radical (unpaired) electrons. The number of anilines is 2. The van der Waals surface area contributed by atoms with Gasteiger partial charge in [-0.2, -0.15) is 0 Å². The molecule has 0 aliphatic carbocycles. The molecule has 2 atom stereocenters. The van der Waals surface area contributed by atoms with Crippen LogP contribution in [0.1, 0.15) is 25.0 Å². The Hall–Kier alpha value is -5.06. The number of esters is 2. The predicted octanol–water partition coefficient (Wildman–Crippen LogP) is 6.83. The Labute approximate surface area is 278 Å². The predicted molar refractivity (Wildman–Crippen MR) is 192 cm³/mol. The van der Waals surface area contributed by atoms with Crippen molar-refractivity contribution in [3.05, 3.63) is 120 Å². The molecule has 10 heteroatoms. The summed E-state index contributed by atoms with van der Waals surface area (Å²) in [4.78, 5) is 25.3. The highest BCUT2D eigenvalue weighted by Crippen LogP contribution is 2.36. The summed E-state index contributed by atoms with van der Waals surface area (Å²) in [5.74, 6) is -0.830. The van der Waals surface area contributed by atoms with Crippen molar-refractivity contribution in [1.29, 1.82) is 0 Å². The third-order valence-electron chi connectivity index (χ3n) is 7.24. The second-order valence-corrected chi connectivity index (χ2v) is 11.5. The Morgan fingerprint density at radius 2 is 1.11 bits per heavy atom. The van der Waals surface area contributed by atoms with Gasteiger partial charge in [0.1, 0.15) is 25.3 Å².